The minimum absolute atomic E-state index is 0. The maximum absolute atomic E-state index is 11.9. The summed E-state index contributed by atoms with van der Waals surface area (Å²) in [6.07, 6.45) is 1.43. The van der Waals surface area contributed by atoms with Gasteiger partial charge < -0.3 is 67.1 Å². The van der Waals surface area contributed by atoms with Crippen LogP contribution >= 0.6 is 15.0 Å². The van der Waals surface area contributed by atoms with Gasteiger partial charge in [-0.1, -0.05) is 0 Å². The van der Waals surface area contributed by atoms with Crippen LogP contribution in [0.5, 0.6) is 0 Å². The Morgan fingerprint density at radius 3 is 1.69 bits per heavy atom. The molecular formula is C12H38CuN4O10P2. The third-order valence-electron chi connectivity index (χ3n) is 3.43. The van der Waals surface area contributed by atoms with Crippen molar-refractivity contribution < 1.29 is 68.3 Å². The number of hydrogen-bond acceptors (Lipinski definition) is 8. The van der Waals surface area contributed by atoms with Crippen LogP contribution in [0.25, 0.3) is 0 Å². The van der Waals surface area contributed by atoms with Gasteiger partial charge in [-0.05, 0) is 39.0 Å². The Morgan fingerprint density at radius 2 is 1.21 bits per heavy atom. The molecule has 0 bridgehead atoms. The molecule has 1 rings (SSSR count). The average molecular weight is 524 g/mol. The quantitative estimate of drug-likeness (QED) is 0.201. The Bertz CT molecular complexity index is 421. The number of nitrogens with one attached hydrogen (secondary N) is 3. The van der Waals surface area contributed by atoms with Gasteiger partial charge in [-0.25, -0.2) is 0 Å². The van der Waals surface area contributed by atoms with E-state index >= 15 is 0 Å². The molecule has 1 aliphatic rings. The van der Waals surface area contributed by atoms with Gasteiger partial charge in [0.25, 0.3) is 0 Å². The van der Waals surface area contributed by atoms with Crippen LogP contribution in [0.15, 0.2) is 0 Å². The molecule has 187 valence electrons. The van der Waals surface area contributed by atoms with Gasteiger partial charge in [0.2, 0.25) is 0 Å². The summed E-state index contributed by atoms with van der Waals surface area (Å²) >= 11 is 0. The summed E-state index contributed by atoms with van der Waals surface area (Å²) in [5, 5.41) is 9.85. The van der Waals surface area contributed by atoms with Crippen LogP contribution in [-0.4, -0.2) is 102 Å². The predicted molar refractivity (Wildman–Crippen MR) is 105 cm³/mol. The molecule has 2 unspecified atom stereocenters. The van der Waals surface area contributed by atoms with Crippen molar-refractivity contribution in [3.63, 3.8) is 0 Å². The van der Waals surface area contributed by atoms with E-state index in [0.717, 1.165) is 45.6 Å². The molecule has 1 aliphatic heterocycles. The molecule has 17 heteroatoms. The monoisotopic (exact) mass is 523 g/mol. The minimum atomic E-state index is -4.80. The van der Waals surface area contributed by atoms with Crippen LogP contribution in [0, 0.1) is 0 Å². The number of hydrogen-bond donors (Lipinski definition) is 4. The largest absolute Gasteiger partial charge is 2.00 e. The molecule has 14 N–H and O–H groups in total. The zero-order valence-corrected chi connectivity index (χ0v) is 18.9. The van der Waals surface area contributed by atoms with Crippen molar-refractivity contribution in [3.8, 4) is 0 Å². The van der Waals surface area contributed by atoms with Crippen LogP contribution in [-0.2, 0) is 26.2 Å². The van der Waals surface area contributed by atoms with E-state index in [2.05, 4.69) is 16.0 Å². The molecule has 2 atom stereocenters. The van der Waals surface area contributed by atoms with Crippen LogP contribution in [0.4, 0.5) is 0 Å². The molecule has 0 amide bonds. The van der Waals surface area contributed by atoms with Gasteiger partial charge in [0, 0.05) is 39.8 Å². The van der Waals surface area contributed by atoms with Crippen molar-refractivity contribution >= 4 is 15.0 Å². The summed E-state index contributed by atoms with van der Waals surface area (Å²) in [6.45, 7) is 6.03. The molecule has 0 saturated carbocycles. The molecule has 14 nitrogen and oxygen atoms in total. The number of rotatable bonds is 4. The Labute approximate surface area is 181 Å². The first-order valence-corrected chi connectivity index (χ1v) is 11.7. The standard InChI is InChI=1S/C12H30N4O5P2.Cu.5H2O/c17-22(18,12-23(19,20)21)11-16-9-2-5-14-7-6-13-3-1-4-15-8-10-16;;;;;;/h13-15H,1-12H2,(H,17,18)(H2,19,20,21);;5*1H2/q;+2;;;;;/p-2. The Morgan fingerprint density at radius 1 is 0.759 bits per heavy atom. The summed E-state index contributed by atoms with van der Waals surface area (Å²) in [4.78, 5) is 33.2. The van der Waals surface area contributed by atoms with E-state index in [1.165, 1.54) is 0 Å². The van der Waals surface area contributed by atoms with Gasteiger partial charge in [-0.3, -0.25) is 4.90 Å². The van der Waals surface area contributed by atoms with Crippen molar-refractivity contribution in [2.75, 3.05) is 64.5 Å². The van der Waals surface area contributed by atoms with Crippen molar-refractivity contribution in [2.45, 2.75) is 12.8 Å². The SMILES string of the molecule is O.O.O.O.O.O=P([O-])(O)CP(=O)([O-])CN1CCCNCCNCCCNCC1.[Cu+2]. The van der Waals surface area contributed by atoms with Crippen molar-refractivity contribution in [1.82, 2.24) is 20.9 Å². The van der Waals surface area contributed by atoms with Gasteiger partial charge >= 0.3 is 17.1 Å². The van der Waals surface area contributed by atoms with Gasteiger partial charge in [0.05, 0.1) is 5.90 Å². The van der Waals surface area contributed by atoms with Gasteiger partial charge in [0.1, 0.15) is 7.60 Å². The fourth-order valence-electron chi connectivity index (χ4n) is 2.43. The normalized spacial score (nSPS) is 20.5. The maximum atomic E-state index is 11.9. The second-order valence-electron chi connectivity index (χ2n) is 5.81. The van der Waals surface area contributed by atoms with E-state index in [1.54, 1.807) is 4.90 Å². The molecular weight excluding hydrogens is 486 g/mol. The van der Waals surface area contributed by atoms with Crippen molar-refractivity contribution in [1.29, 1.82) is 0 Å². The first kappa shape index (κ1) is 43.4. The summed E-state index contributed by atoms with van der Waals surface area (Å²) < 4.78 is 22.7. The summed E-state index contributed by atoms with van der Waals surface area (Å²) in [7, 11) is -8.98. The molecule has 0 spiro atoms. The van der Waals surface area contributed by atoms with Crippen molar-refractivity contribution in [3.05, 3.63) is 0 Å². The second-order valence-corrected chi connectivity index (χ2v) is 10.1. The first-order valence-electron chi connectivity index (χ1n) is 7.95. The Kier molecular flexibility index (Phi) is 34.7. The molecule has 1 radical (unpaired) electrons. The Balaban J connectivity index is -0.000000220. The van der Waals surface area contributed by atoms with Crippen LogP contribution in [0.2, 0.25) is 0 Å². The van der Waals surface area contributed by atoms with Gasteiger partial charge in [-0.2, -0.15) is 0 Å². The number of nitrogens with zero attached hydrogens (tertiary/aromatic N) is 1. The van der Waals surface area contributed by atoms with E-state index in [0.29, 0.717) is 19.6 Å². The molecule has 1 heterocycles. The topological polar surface area (TPSA) is 297 Å². The molecule has 0 aromatic heterocycles. The minimum Gasteiger partial charge on any atom is -0.798 e. The van der Waals surface area contributed by atoms with Gasteiger partial charge in [-0.15, -0.1) is 0 Å². The average Bonchev–Trinajstić information content (AvgIpc) is 2.40. The molecule has 1 saturated heterocycles. The van der Waals surface area contributed by atoms with Gasteiger partial charge in [0.15, 0.2) is 0 Å². The molecule has 0 aromatic rings. The van der Waals surface area contributed by atoms with E-state index in [9.17, 15) is 18.9 Å². The zero-order valence-electron chi connectivity index (χ0n) is 16.2. The van der Waals surface area contributed by atoms with Crippen LogP contribution < -0.4 is 25.7 Å². The first-order chi connectivity index (χ1) is 10.8. The van der Waals surface area contributed by atoms with E-state index in [4.69, 9.17) is 4.89 Å². The van der Waals surface area contributed by atoms with E-state index < -0.39 is 20.9 Å². The molecule has 29 heavy (non-hydrogen) atoms. The maximum Gasteiger partial charge on any atom is 2.00 e. The third kappa shape index (κ3) is 26.5. The summed E-state index contributed by atoms with van der Waals surface area (Å²) in [6, 6.07) is 0. The summed E-state index contributed by atoms with van der Waals surface area (Å²) in [5.74, 6) is -1.17. The predicted octanol–water partition coefficient (Wildman–Crippen LogP) is -6.18. The summed E-state index contributed by atoms with van der Waals surface area (Å²) in [5.41, 5.74) is 0. The Hall–Kier alpha value is 0.499. The van der Waals surface area contributed by atoms with E-state index in [-0.39, 0.29) is 50.7 Å². The smallest absolute Gasteiger partial charge is 0.798 e. The van der Waals surface area contributed by atoms with Crippen molar-refractivity contribution in [2.24, 2.45) is 0 Å². The van der Waals surface area contributed by atoms with Crippen LogP contribution in [0.3, 0.4) is 0 Å². The second kappa shape index (κ2) is 23.2. The van der Waals surface area contributed by atoms with Crippen LogP contribution in [0.1, 0.15) is 12.8 Å². The molecule has 0 aromatic carbocycles. The fourth-order valence-corrected chi connectivity index (χ4v) is 5.86. The zero-order chi connectivity index (χ0) is 17.2. The molecule has 1 fully saturated rings. The van der Waals surface area contributed by atoms with E-state index in [1.807, 2.05) is 0 Å². The molecule has 0 aliphatic carbocycles. The fraction of sp³-hybridized carbons (Fsp3) is 1.00. The third-order valence-corrected chi connectivity index (χ3v) is 7.41.